The molecule has 0 N–H and O–H groups in total. The zero-order valence-corrected chi connectivity index (χ0v) is 21.7. The maximum atomic E-state index is 13.0. The van der Waals surface area contributed by atoms with Crippen LogP contribution in [0, 0.1) is 18.8 Å². The van der Waals surface area contributed by atoms with Gasteiger partial charge in [0.25, 0.3) is 0 Å². The molecule has 2 aromatic carbocycles. The predicted molar refractivity (Wildman–Crippen MR) is 136 cm³/mol. The molecule has 3 nitrogen and oxygen atoms in total. The largest absolute Gasteiger partial charge is 0.468 e. The van der Waals surface area contributed by atoms with E-state index in [2.05, 4.69) is 78.0 Å². The Hall–Kier alpha value is -1.65. The van der Waals surface area contributed by atoms with Crippen LogP contribution in [0.15, 0.2) is 53.0 Å². The first-order valence-corrected chi connectivity index (χ1v) is 12.8. The third-order valence-corrected chi connectivity index (χ3v) is 7.95. The zero-order chi connectivity index (χ0) is 23.1. The van der Waals surface area contributed by atoms with Crippen molar-refractivity contribution in [3.63, 3.8) is 0 Å². The number of carbonyl (C=O) groups excluding carboxylic acids is 1. The van der Waals surface area contributed by atoms with E-state index in [1.807, 2.05) is 12.1 Å². The fraction of sp³-hybridized carbons (Fsp3) is 0.536. The molecule has 1 aliphatic rings. The number of piperidine rings is 1. The second kappa shape index (κ2) is 11.5. The molecular weight excluding hydrogens is 462 g/mol. The lowest BCUT2D eigenvalue weighted by Gasteiger charge is -2.37. The lowest BCUT2D eigenvalue weighted by Crippen LogP contribution is -2.43. The summed E-state index contributed by atoms with van der Waals surface area (Å²) in [4.78, 5) is 15.6. The molecular formula is C28H38BrNO2. The molecule has 1 fully saturated rings. The number of hydrogen-bond acceptors (Lipinski definition) is 3. The Balaban J connectivity index is 1.58. The molecule has 0 bridgehead atoms. The number of carbonyl (C=O) groups is 1. The molecule has 0 amide bonds. The van der Waals surface area contributed by atoms with Gasteiger partial charge in [0, 0.05) is 4.47 Å². The highest BCUT2D eigenvalue weighted by molar-refractivity contribution is 9.10. The minimum Gasteiger partial charge on any atom is -0.468 e. The van der Waals surface area contributed by atoms with Gasteiger partial charge in [0.05, 0.1) is 12.5 Å². The number of methoxy groups -OCH3 is 1. The van der Waals surface area contributed by atoms with Crippen LogP contribution >= 0.6 is 15.9 Å². The molecule has 1 aliphatic heterocycles. The van der Waals surface area contributed by atoms with Crippen LogP contribution in [-0.4, -0.2) is 37.6 Å². The van der Waals surface area contributed by atoms with Crippen molar-refractivity contribution in [3.8, 4) is 0 Å². The summed E-state index contributed by atoms with van der Waals surface area (Å²) in [6.45, 7) is 9.84. The van der Waals surface area contributed by atoms with Gasteiger partial charge in [0.1, 0.15) is 0 Å². The van der Waals surface area contributed by atoms with Gasteiger partial charge in [-0.2, -0.15) is 0 Å². The molecule has 4 heteroatoms. The fourth-order valence-corrected chi connectivity index (χ4v) is 5.56. The molecule has 2 aromatic rings. The van der Waals surface area contributed by atoms with Gasteiger partial charge in [-0.3, -0.25) is 4.79 Å². The van der Waals surface area contributed by atoms with Crippen LogP contribution in [0.5, 0.6) is 0 Å². The lowest BCUT2D eigenvalue weighted by atomic mass is 9.68. The summed E-state index contributed by atoms with van der Waals surface area (Å²) in [6, 6.07) is 17.0. The van der Waals surface area contributed by atoms with E-state index >= 15 is 0 Å². The molecule has 1 atom stereocenters. The number of halogens is 1. The normalized spacial score (nSPS) is 17.3. The molecule has 3 rings (SSSR count). The van der Waals surface area contributed by atoms with E-state index < -0.39 is 5.41 Å². The Morgan fingerprint density at radius 3 is 2.38 bits per heavy atom. The smallest absolute Gasteiger partial charge is 0.316 e. The van der Waals surface area contributed by atoms with Crippen molar-refractivity contribution >= 4 is 21.9 Å². The van der Waals surface area contributed by atoms with Gasteiger partial charge in [-0.15, -0.1) is 0 Å². The Morgan fingerprint density at radius 1 is 1.12 bits per heavy atom. The summed E-state index contributed by atoms with van der Waals surface area (Å²) in [6.07, 6.45) is 5.51. The first-order valence-electron chi connectivity index (χ1n) is 12.0. The lowest BCUT2D eigenvalue weighted by molar-refractivity contribution is -0.150. The Morgan fingerprint density at radius 2 is 1.78 bits per heavy atom. The summed E-state index contributed by atoms with van der Waals surface area (Å²) < 4.78 is 6.35. The molecule has 174 valence electrons. The first-order chi connectivity index (χ1) is 15.4. The van der Waals surface area contributed by atoms with Crippen LogP contribution in [0.2, 0.25) is 0 Å². The van der Waals surface area contributed by atoms with Crippen molar-refractivity contribution in [2.45, 2.75) is 58.3 Å². The van der Waals surface area contributed by atoms with Crippen LogP contribution in [0.4, 0.5) is 0 Å². The van der Waals surface area contributed by atoms with E-state index in [0.717, 1.165) is 48.4 Å². The van der Waals surface area contributed by atoms with Gasteiger partial charge in [-0.05, 0) is 99.3 Å². The number of ether oxygens (including phenoxy) is 1. The third kappa shape index (κ3) is 5.82. The maximum Gasteiger partial charge on any atom is 0.316 e. The number of esters is 1. The summed E-state index contributed by atoms with van der Waals surface area (Å²) >= 11 is 3.51. The number of nitrogens with zero attached hydrogens (tertiary/aromatic N) is 1. The number of rotatable bonds is 9. The van der Waals surface area contributed by atoms with Crippen molar-refractivity contribution in [1.82, 2.24) is 4.90 Å². The maximum absolute atomic E-state index is 13.0. The number of aryl methyl sites for hydroxylation is 1. The highest BCUT2D eigenvalue weighted by Crippen LogP contribution is 2.39. The van der Waals surface area contributed by atoms with Gasteiger partial charge in [0.15, 0.2) is 0 Å². The SMILES string of the molecule is COC(=O)C(CCCN1CCC(Cc2ccccc2C)CC1)(c1ccc(Br)cc1)C(C)C. The number of likely N-dealkylation sites (tertiary alicyclic amines) is 1. The van der Waals surface area contributed by atoms with E-state index in [-0.39, 0.29) is 11.9 Å². The molecule has 0 aliphatic carbocycles. The molecule has 1 heterocycles. The van der Waals surface area contributed by atoms with Crippen molar-refractivity contribution in [1.29, 1.82) is 0 Å². The molecule has 0 aromatic heterocycles. The Bertz CT molecular complexity index is 871. The van der Waals surface area contributed by atoms with Crippen molar-refractivity contribution in [2.75, 3.05) is 26.7 Å². The second-order valence-electron chi connectivity index (χ2n) is 9.64. The fourth-order valence-electron chi connectivity index (χ4n) is 5.30. The Labute approximate surface area is 202 Å². The van der Waals surface area contributed by atoms with Gasteiger partial charge < -0.3 is 9.64 Å². The van der Waals surface area contributed by atoms with Crippen LogP contribution < -0.4 is 0 Å². The average molecular weight is 501 g/mol. The topological polar surface area (TPSA) is 29.5 Å². The van der Waals surface area contributed by atoms with E-state index in [4.69, 9.17) is 4.74 Å². The standard InChI is InChI=1S/C28H38BrNO2/c1-21(2)28(27(31)32-4,25-10-12-26(29)13-11-25)16-7-17-30-18-14-23(15-19-30)20-24-9-6-5-8-22(24)3/h5-6,8-13,21,23H,7,14-20H2,1-4H3. The molecule has 0 radical (unpaired) electrons. The van der Waals surface area contributed by atoms with E-state index in [1.165, 1.54) is 37.5 Å². The van der Waals surface area contributed by atoms with Gasteiger partial charge >= 0.3 is 5.97 Å². The number of benzene rings is 2. The average Bonchev–Trinajstić information content (AvgIpc) is 2.79. The van der Waals surface area contributed by atoms with Crippen LogP contribution in [0.1, 0.15) is 56.2 Å². The minimum atomic E-state index is -0.599. The number of hydrogen-bond donors (Lipinski definition) is 0. The molecule has 1 unspecified atom stereocenters. The van der Waals surface area contributed by atoms with Crippen LogP contribution in [0.3, 0.4) is 0 Å². The Kier molecular flexibility index (Phi) is 8.95. The predicted octanol–water partition coefficient (Wildman–Crippen LogP) is 6.56. The first kappa shape index (κ1) is 25.0. The second-order valence-corrected chi connectivity index (χ2v) is 10.6. The summed E-state index contributed by atoms with van der Waals surface area (Å²) in [5.74, 6) is 0.822. The van der Waals surface area contributed by atoms with Crippen LogP contribution in [0.25, 0.3) is 0 Å². The van der Waals surface area contributed by atoms with E-state index in [9.17, 15) is 4.79 Å². The van der Waals surface area contributed by atoms with E-state index in [0.29, 0.717) is 0 Å². The van der Waals surface area contributed by atoms with E-state index in [1.54, 1.807) is 0 Å². The highest BCUT2D eigenvalue weighted by atomic mass is 79.9. The zero-order valence-electron chi connectivity index (χ0n) is 20.1. The third-order valence-electron chi connectivity index (χ3n) is 7.42. The van der Waals surface area contributed by atoms with Crippen molar-refractivity contribution < 1.29 is 9.53 Å². The van der Waals surface area contributed by atoms with Gasteiger partial charge in [-0.1, -0.05) is 66.2 Å². The van der Waals surface area contributed by atoms with Gasteiger partial charge in [-0.25, -0.2) is 0 Å². The summed E-state index contributed by atoms with van der Waals surface area (Å²) in [7, 11) is 1.51. The summed E-state index contributed by atoms with van der Waals surface area (Å²) in [5.41, 5.74) is 3.37. The molecule has 1 saturated heterocycles. The molecule has 0 spiro atoms. The molecule has 0 saturated carbocycles. The summed E-state index contributed by atoms with van der Waals surface area (Å²) in [5, 5.41) is 0. The minimum absolute atomic E-state index is 0.119. The van der Waals surface area contributed by atoms with Crippen molar-refractivity contribution in [3.05, 3.63) is 69.7 Å². The highest BCUT2D eigenvalue weighted by Gasteiger charge is 2.44. The monoisotopic (exact) mass is 499 g/mol. The van der Waals surface area contributed by atoms with Crippen LogP contribution in [-0.2, 0) is 21.4 Å². The van der Waals surface area contributed by atoms with Gasteiger partial charge in [0.2, 0.25) is 0 Å². The molecule has 32 heavy (non-hydrogen) atoms. The van der Waals surface area contributed by atoms with Crippen molar-refractivity contribution in [2.24, 2.45) is 11.8 Å². The quantitative estimate of drug-likeness (QED) is 0.365.